The Morgan fingerprint density at radius 3 is 2.26 bits per heavy atom. The highest BCUT2D eigenvalue weighted by atomic mass is 16.6. The number of benzene rings is 2. The fourth-order valence-corrected chi connectivity index (χ4v) is 4.23. The van der Waals surface area contributed by atoms with Crippen LogP contribution in [0.5, 0.6) is 5.75 Å². The SMILES string of the molecule is CCCCCCCCN(C(=O)CNC(=O)OC(C)(C)C)C(C(=O)NCc1ccccc1)c1ccc(O)c(C)c1. The van der Waals surface area contributed by atoms with Crippen LogP contribution in [-0.4, -0.2) is 46.6 Å². The molecule has 0 saturated heterocycles. The molecule has 8 heteroatoms. The zero-order valence-electron chi connectivity index (χ0n) is 24.1. The minimum absolute atomic E-state index is 0.114. The van der Waals surface area contributed by atoms with Gasteiger partial charge in [0.05, 0.1) is 0 Å². The molecular formula is C31H45N3O5. The van der Waals surface area contributed by atoms with E-state index >= 15 is 0 Å². The molecular weight excluding hydrogens is 494 g/mol. The minimum atomic E-state index is -0.934. The van der Waals surface area contributed by atoms with Gasteiger partial charge in [0.25, 0.3) is 0 Å². The van der Waals surface area contributed by atoms with Crippen LogP contribution in [0.3, 0.4) is 0 Å². The average molecular weight is 540 g/mol. The van der Waals surface area contributed by atoms with Gasteiger partial charge in [0, 0.05) is 13.1 Å². The molecule has 0 aliphatic heterocycles. The summed E-state index contributed by atoms with van der Waals surface area (Å²) in [5, 5.41) is 15.6. The molecule has 39 heavy (non-hydrogen) atoms. The number of hydrogen-bond acceptors (Lipinski definition) is 5. The smallest absolute Gasteiger partial charge is 0.408 e. The number of phenols is 1. The predicted molar refractivity (Wildman–Crippen MR) is 153 cm³/mol. The second-order valence-corrected chi connectivity index (χ2v) is 10.9. The zero-order valence-corrected chi connectivity index (χ0v) is 24.1. The molecule has 0 aliphatic carbocycles. The van der Waals surface area contributed by atoms with Gasteiger partial charge in [0.15, 0.2) is 0 Å². The largest absolute Gasteiger partial charge is 0.508 e. The first-order chi connectivity index (χ1) is 18.5. The van der Waals surface area contributed by atoms with Crippen molar-refractivity contribution < 1.29 is 24.2 Å². The van der Waals surface area contributed by atoms with Gasteiger partial charge in [-0.15, -0.1) is 0 Å². The molecule has 1 atom stereocenters. The van der Waals surface area contributed by atoms with Crippen LogP contribution >= 0.6 is 0 Å². The third-order valence-electron chi connectivity index (χ3n) is 6.26. The lowest BCUT2D eigenvalue weighted by Gasteiger charge is -2.32. The van der Waals surface area contributed by atoms with Gasteiger partial charge >= 0.3 is 6.09 Å². The van der Waals surface area contributed by atoms with Gasteiger partial charge in [0.1, 0.15) is 23.9 Å². The van der Waals surface area contributed by atoms with E-state index in [-0.39, 0.29) is 24.1 Å². The molecule has 0 bridgehead atoms. The monoisotopic (exact) mass is 539 g/mol. The maximum atomic E-state index is 13.7. The summed E-state index contributed by atoms with van der Waals surface area (Å²) < 4.78 is 5.29. The molecule has 0 aliphatic rings. The van der Waals surface area contributed by atoms with Crippen LogP contribution in [0.2, 0.25) is 0 Å². The van der Waals surface area contributed by atoms with Crippen molar-refractivity contribution in [3.63, 3.8) is 0 Å². The van der Waals surface area contributed by atoms with E-state index in [1.54, 1.807) is 39.8 Å². The van der Waals surface area contributed by atoms with Gasteiger partial charge in [-0.1, -0.05) is 75.4 Å². The first-order valence-electron chi connectivity index (χ1n) is 13.9. The van der Waals surface area contributed by atoms with Crippen molar-refractivity contribution in [1.82, 2.24) is 15.5 Å². The zero-order chi connectivity index (χ0) is 28.8. The maximum Gasteiger partial charge on any atom is 0.408 e. The summed E-state index contributed by atoms with van der Waals surface area (Å²) in [6.07, 6.45) is 5.45. The number of alkyl carbamates (subject to hydrolysis) is 1. The molecule has 1 unspecified atom stereocenters. The predicted octanol–water partition coefficient (Wildman–Crippen LogP) is 5.77. The Bertz CT molecular complexity index is 1070. The Hall–Kier alpha value is -3.55. The third-order valence-corrected chi connectivity index (χ3v) is 6.26. The Morgan fingerprint density at radius 2 is 1.62 bits per heavy atom. The molecule has 214 valence electrons. The number of carbonyl (C=O) groups excluding carboxylic acids is 3. The number of phenolic OH excluding ortho intramolecular Hbond substituents is 1. The standard InChI is InChI=1S/C31H45N3O5/c1-6-7-8-9-10-14-19-34(27(36)22-33-30(38)39-31(3,4)5)28(25-17-18-26(35)23(2)20-25)29(37)32-21-24-15-12-11-13-16-24/h11-13,15-18,20,28,35H,6-10,14,19,21-22H2,1-5H3,(H,32,37)(H,33,38). The normalized spacial score (nSPS) is 11.9. The van der Waals surface area contributed by atoms with Crippen LogP contribution in [0.15, 0.2) is 48.5 Å². The molecule has 3 amide bonds. The molecule has 2 aromatic carbocycles. The molecule has 0 saturated carbocycles. The molecule has 2 rings (SSSR count). The van der Waals surface area contributed by atoms with Gasteiger partial charge in [0.2, 0.25) is 11.8 Å². The number of unbranched alkanes of at least 4 members (excludes halogenated alkanes) is 5. The number of amides is 3. The van der Waals surface area contributed by atoms with Crippen LogP contribution in [0.4, 0.5) is 4.79 Å². The average Bonchev–Trinajstić information content (AvgIpc) is 2.88. The number of ether oxygens (including phenoxy) is 1. The number of aromatic hydroxyl groups is 1. The van der Waals surface area contributed by atoms with Crippen LogP contribution in [0.1, 0.15) is 89.0 Å². The summed E-state index contributed by atoms with van der Waals surface area (Å²) >= 11 is 0. The van der Waals surface area contributed by atoms with Gasteiger partial charge < -0.3 is 25.4 Å². The number of nitrogens with one attached hydrogen (secondary N) is 2. The summed E-state index contributed by atoms with van der Waals surface area (Å²) in [5.74, 6) is -0.608. The second-order valence-electron chi connectivity index (χ2n) is 10.9. The summed E-state index contributed by atoms with van der Waals surface area (Å²) in [6, 6.07) is 13.5. The lowest BCUT2D eigenvalue weighted by molar-refractivity contribution is -0.140. The summed E-state index contributed by atoms with van der Waals surface area (Å²) in [6.45, 7) is 9.52. The Balaban J connectivity index is 2.30. The molecule has 0 radical (unpaired) electrons. The van der Waals surface area contributed by atoms with Gasteiger partial charge in [-0.25, -0.2) is 4.79 Å². The van der Waals surface area contributed by atoms with Crippen LogP contribution in [0, 0.1) is 6.92 Å². The van der Waals surface area contributed by atoms with Gasteiger partial charge in [-0.3, -0.25) is 9.59 Å². The highest BCUT2D eigenvalue weighted by Gasteiger charge is 2.32. The fraction of sp³-hybridized carbons (Fsp3) is 0.516. The number of nitrogens with zero attached hydrogens (tertiary/aromatic N) is 1. The van der Waals surface area contributed by atoms with E-state index in [9.17, 15) is 19.5 Å². The second kappa shape index (κ2) is 15.8. The summed E-state index contributed by atoms with van der Waals surface area (Å²) in [4.78, 5) is 41.0. The Morgan fingerprint density at radius 1 is 0.949 bits per heavy atom. The van der Waals surface area contributed by atoms with Crippen LogP contribution < -0.4 is 10.6 Å². The quantitative estimate of drug-likeness (QED) is 0.264. The van der Waals surface area contributed by atoms with E-state index < -0.39 is 17.7 Å². The third kappa shape index (κ3) is 11.4. The van der Waals surface area contributed by atoms with E-state index in [1.165, 1.54) is 17.4 Å². The summed E-state index contributed by atoms with van der Waals surface area (Å²) in [5.41, 5.74) is 1.43. The Labute approximate surface area is 233 Å². The molecule has 0 spiro atoms. The molecule has 0 heterocycles. The Kier molecular flexibility index (Phi) is 12.8. The van der Waals surface area contributed by atoms with E-state index in [0.29, 0.717) is 24.2 Å². The van der Waals surface area contributed by atoms with Crippen molar-refractivity contribution in [2.24, 2.45) is 0 Å². The highest BCUT2D eigenvalue weighted by Crippen LogP contribution is 2.27. The van der Waals surface area contributed by atoms with E-state index in [0.717, 1.165) is 37.7 Å². The lowest BCUT2D eigenvalue weighted by atomic mass is 10.00. The topological polar surface area (TPSA) is 108 Å². The lowest BCUT2D eigenvalue weighted by Crippen LogP contribution is -2.48. The van der Waals surface area contributed by atoms with Crippen molar-refractivity contribution in [3.8, 4) is 5.75 Å². The fourth-order valence-electron chi connectivity index (χ4n) is 4.23. The molecule has 8 nitrogen and oxygen atoms in total. The van der Waals surface area contributed by atoms with Gasteiger partial charge in [-0.2, -0.15) is 0 Å². The molecule has 3 N–H and O–H groups in total. The number of carbonyl (C=O) groups is 3. The van der Waals surface area contributed by atoms with Crippen LogP contribution in [-0.2, 0) is 20.9 Å². The van der Waals surface area contributed by atoms with E-state index in [4.69, 9.17) is 4.74 Å². The molecule has 0 aromatic heterocycles. The highest BCUT2D eigenvalue weighted by molar-refractivity contribution is 5.90. The minimum Gasteiger partial charge on any atom is -0.508 e. The van der Waals surface area contributed by atoms with Gasteiger partial charge in [-0.05, 0) is 62.9 Å². The van der Waals surface area contributed by atoms with Crippen molar-refractivity contribution in [3.05, 3.63) is 65.2 Å². The van der Waals surface area contributed by atoms with Crippen molar-refractivity contribution >= 4 is 17.9 Å². The van der Waals surface area contributed by atoms with E-state index in [1.807, 2.05) is 30.3 Å². The number of aryl methyl sites for hydroxylation is 1. The maximum absolute atomic E-state index is 13.7. The van der Waals surface area contributed by atoms with E-state index in [2.05, 4.69) is 17.6 Å². The number of rotatable bonds is 14. The first kappa shape index (κ1) is 31.7. The number of hydrogen-bond donors (Lipinski definition) is 3. The van der Waals surface area contributed by atoms with Crippen molar-refractivity contribution in [2.75, 3.05) is 13.1 Å². The van der Waals surface area contributed by atoms with Crippen LogP contribution in [0.25, 0.3) is 0 Å². The summed E-state index contributed by atoms with van der Waals surface area (Å²) in [7, 11) is 0. The van der Waals surface area contributed by atoms with Crippen molar-refractivity contribution in [1.29, 1.82) is 0 Å². The molecule has 0 fully saturated rings. The first-order valence-corrected chi connectivity index (χ1v) is 13.9. The molecule has 2 aromatic rings. The van der Waals surface area contributed by atoms with Crippen molar-refractivity contribution in [2.45, 2.75) is 91.3 Å².